The average molecular weight is 294 g/mol. The first-order valence-electron chi connectivity index (χ1n) is 6.74. The fraction of sp³-hybridized carbons (Fsp3) is 0.429. The second-order valence-corrected chi connectivity index (χ2v) is 5.74. The quantitative estimate of drug-likeness (QED) is 0.775. The Morgan fingerprint density at radius 2 is 2.20 bits per heavy atom. The van der Waals surface area contributed by atoms with Gasteiger partial charge in [-0.05, 0) is 43.0 Å². The molecular weight excluding hydrogens is 278 g/mol. The smallest absolute Gasteiger partial charge is 0.238 e. The molecule has 0 spiro atoms. The van der Waals surface area contributed by atoms with Crippen LogP contribution in [0.4, 0.5) is 11.4 Å². The first-order valence-corrected chi connectivity index (χ1v) is 7.12. The Bertz CT molecular complexity index is 570. The number of halogens is 1. The third-order valence-electron chi connectivity index (χ3n) is 3.51. The van der Waals surface area contributed by atoms with Gasteiger partial charge in [0.05, 0.1) is 23.7 Å². The van der Waals surface area contributed by atoms with Crippen molar-refractivity contribution in [1.82, 2.24) is 5.32 Å². The predicted molar refractivity (Wildman–Crippen MR) is 78.0 cm³/mol. The van der Waals surface area contributed by atoms with E-state index in [2.05, 4.69) is 16.0 Å². The summed E-state index contributed by atoms with van der Waals surface area (Å²) in [6.07, 6.45) is 2.84. The summed E-state index contributed by atoms with van der Waals surface area (Å²) >= 11 is 6.11. The molecule has 3 N–H and O–H groups in total. The highest BCUT2D eigenvalue weighted by Crippen LogP contribution is 2.32. The van der Waals surface area contributed by atoms with Crippen LogP contribution >= 0.6 is 11.6 Å². The number of hydrogen-bond donors (Lipinski definition) is 3. The molecule has 2 aliphatic rings. The van der Waals surface area contributed by atoms with Crippen molar-refractivity contribution in [2.45, 2.75) is 19.3 Å². The summed E-state index contributed by atoms with van der Waals surface area (Å²) < 4.78 is 0. The minimum atomic E-state index is -0.121. The van der Waals surface area contributed by atoms with Crippen LogP contribution in [0.2, 0.25) is 5.02 Å². The molecular formula is C14H16ClN3O2. The molecule has 6 heteroatoms. The molecule has 1 aliphatic carbocycles. The van der Waals surface area contributed by atoms with Crippen molar-refractivity contribution in [2.24, 2.45) is 5.92 Å². The zero-order valence-electron chi connectivity index (χ0n) is 11.0. The van der Waals surface area contributed by atoms with Gasteiger partial charge in [-0.2, -0.15) is 0 Å². The SMILES string of the molecule is O=C(CNCC1CC1)Nc1cc2c(cc1Cl)NC(=O)C2. The molecule has 3 rings (SSSR count). The van der Waals surface area contributed by atoms with E-state index in [9.17, 15) is 9.59 Å². The monoisotopic (exact) mass is 293 g/mol. The maximum atomic E-state index is 11.8. The van der Waals surface area contributed by atoms with Gasteiger partial charge in [0.2, 0.25) is 11.8 Å². The summed E-state index contributed by atoms with van der Waals surface area (Å²) in [5, 5.41) is 9.06. The third-order valence-corrected chi connectivity index (χ3v) is 3.82. The molecule has 1 fully saturated rings. The van der Waals surface area contributed by atoms with Gasteiger partial charge in [0, 0.05) is 5.69 Å². The van der Waals surface area contributed by atoms with Crippen LogP contribution in [0.25, 0.3) is 0 Å². The first kappa shape index (κ1) is 13.4. The lowest BCUT2D eigenvalue weighted by Gasteiger charge is -2.10. The number of nitrogens with one attached hydrogen (secondary N) is 3. The van der Waals surface area contributed by atoms with Gasteiger partial charge in [-0.15, -0.1) is 0 Å². The van der Waals surface area contributed by atoms with E-state index < -0.39 is 0 Å². The fourth-order valence-electron chi connectivity index (χ4n) is 2.25. The Morgan fingerprint density at radius 3 is 2.95 bits per heavy atom. The first-order chi connectivity index (χ1) is 9.61. The molecule has 0 unspecified atom stereocenters. The number of rotatable bonds is 5. The molecule has 20 heavy (non-hydrogen) atoms. The number of carbonyl (C=O) groups excluding carboxylic acids is 2. The fourth-order valence-corrected chi connectivity index (χ4v) is 2.46. The highest BCUT2D eigenvalue weighted by atomic mass is 35.5. The zero-order chi connectivity index (χ0) is 14.1. The third kappa shape index (κ3) is 3.11. The number of fused-ring (bicyclic) bond motifs is 1. The summed E-state index contributed by atoms with van der Waals surface area (Å²) in [6, 6.07) is 3.43. The molecule has 0 saturated heterocycles. The Kier molecular flexibility index (Phi) is 3.63. The van der Waals surface area contributed by atoms with E-state index >= 15 is 0 Å². The van der Waals surface area contributed by atoms with Gasteiger partial charge >= 0.3 is 0 Å². The van der Waals surface area contributed by atoms with Crippen LogP contribution in [0.3, 0.4) is 0 Å². The van der Waals surface area contributed by atoms with Gasteiger partial charge in [-0.25, -0.2) is 0 Å². The summed E-state index contributed by atoms with van der Waals surface area (Å²) in [5.41, 5.74) is 2.14. The Morgan fingerprint density at radius 1 is 1.40 bits per heavy atom. The van der Waals surface area contributed by atoms with Crippen LogP contribution in [-0.4, -0.2) is 24.9 Å². The highest BCUT2D eigenvalue weighted by Gasteiger charge is 2.22. The standard InChI is InChI=1S/C14H16ClN3O2/c15-10-5-11-9(4-13(19)17-11)3-12(10)18-14(20)7-16-6-8-1-2-8/h3,5,8,16H,1-2,4,6-7H2,(H,17,19)(H,18,20). The molecule has 5 nitrogen and oxygen atoms in total. The second-order valence-electron chi connectivity index (χ2n) is 5.34. The maximum Gasteiger partial charge on any atom is 0.238 e. The number of hydrogen-bond acceptors (Lipinski definition) is 3. The van der Waals surface area contributed by atoms with Gasteiger partial charge in [-0.1, -0.05) is 11.6 Å². The Balaban J connectivity index is 1.60. The van der Waals surface area contributed by atoms with E-state index in [1.165, 1.54) is 12.8 Å². The Labute approximate surface area is 122 Å². The van der Waals surface area contributed by atoms with E-state index in [0.717, 1.165) is 23.7 Å². The number of anilines is 2. The van der Waals surface area contributed by atoms with E-state index in [4.69, 9.17) is 11.6 Å². The van der Waals surface area contributed by atoms with Crippen molar-refractivity contribution in [2.75, 3.05) is 23.7 Å². The van der Waals surface area contributed by atoms with Crippen LogP contribution in [0.5, 0.6) is 0 Å². The van der Waals surface area contributed by atoms with Crippen LogP contribution in [0, 0.1) is 5.92 Å². The molecule has 1 saturated carbocycles. The molecule has 0 radical (unpaired) electrons. The average Bonchev–Trinajstić information content (AvgIpc) is 3.12. The molecule has 1 heterocycles. The molecule has 0 atom stereocenters. The number of amides is 2. The normalized spacial score (nSPS) is 16.8. The minimum absolute atomic E-state index is 0.0503. The summed E-state index contributed by atoms with van der Waals surface area (Å²) in [5.74, 6) is 0.568. The van der Waals surface area contributed by atoms with Crippen molar-refractivity contribution in [3.63, 3.8) is 0 Å². The van der Waals surface area contributed by atoms with Crippen molar-refractivity contribution < 1.29 is 9.59 Å². The van der Waals surface area contributed by atoms with Gasteiger partial charge in [0.1, 0.15) is 0 Å². The summed E-state index contributed by atoms with van der Waals surface area (Å²) in [4.78, 5) is 23.1. The van der Waals surface area contributed by atoms with Crippen molar-refractivity contribution >= 4 is 34.8 Å². The summed E-state index contributed by atoms with van der Waals surface area (Å²) in [6.45, 7) is 1.17. The van der Waals surface area contributed by atoms with E-state index in [0.29, 0.717) is 17.1 Å². The van der Waals surface area contributed by atoms with E-state index in [-0.39, 0.29) is 18.4 Å². The minimum Gasteiger partial charge on any atom is -0.325 e. The van der Waals surface area contributed by atoms with E-state index in [1.807, 2.05) is 0 Å². The molecule has 106 valence electrons. The van der Waals surface area contributed by atoms with Gasteiger partial charge in [0.25, 0.3) is 0 Å². The van der Waals surface area contributed by atoms with Crippen LogP contribution in [-0.2, 0) is 16.0 Å². The van der Waals surface area contributed by atoms with Crippen molar-refractivity contribution in [3.8, 4) is 0 Å². The van der Waals surface area contributed by atoms with Crippen molar-refractivity contribution in [1.29, 1.82) is 0 Å². The van der Waals surface area contributed by atoms with E-state index in [1.54, 1.807) is 12.1 Å². The van der Waals surface area contributed by atoms with Crippen LogP contribution in [0.1, 0.15) is 18.4 Å². The zero-order valence-corrected chi connectivity index (χ0v) is 11.7. The topological polar surface area (TPSA) is 70.2 Å². The lowest BCUT2D eigenvalue weighted by Crippen LogP contribution is -2.29. The van der Waals surface area contributed by atoms with Crippen LogP contribution < -0.4 is 16.0 Å². The molecule has 1 aliphatic heterocycles. The molecule has 2 amide bonds. The highest BCUT2D eigenvalue weighted by molar-refractivity contribution is 6.34. The van der Waals surface area contributed by atoms with Gasteiger partial charge < -0.3 is 16.0 Å². The van der Waals surface area contributed by atoms with Crippen LogP contribution in [0.15, 0.2) is 12.1 Å². The summed E-state index contributed by atoms with van der Waals surface area (Å²) in [7, 11) is 0. The molecule has 1 aromatic carbocycles. The predicted octanol–water partition coefficient (Wildman–Crippen LogP) is 1.77. The van der Waals surface area contributed by atoms with Gasteiger partial charge in [-0.3, -0.25) is 9.59 Å². The van der Waals surface area contributed by atoms with Crippen molar-refractivity contribution in [3.05, 3.63) is 22.7 Å². The maximum absolute atomic E-state index is 11.8. The number of benzene rings is 1. The molecule has 0 bridgehead atoms. The lowest BCUT2D eigenvalue weighted by molar-refractivity contribution is -0.116. The largest absolute Gasteiger partial charge is 0.325 e. The lowest BCUT2D eigenvalue weighted by atomic mass is 10.1. The molecule has 1 aromatic rings. The molecule has 0 aromatic heterocycles. The Hall–Kier alpha value is -1.59. The second kappa shape index (κ2) is 5.42. The number of carbonyl (C=O) groups is 2. The van der Waals surface area contributed by atoms with Gasteiger partial charge in [0.15, 0.2) is 0 Å².